The van der Waals surface area contributed by atoms with Crippen LogP contribution in [-0.2, 0) is 9.47 Å². The summed E-state index contributed by atoms with van der Waals surface area (Å²) in [5, 5.41) is 2.07. The number of aliphatic imine (C=N–C) groups is 1. The molecule has 1 aromatic rings. The molecule has 0 amide bonds. The lowest BCUT2D eigenvalue weighted by atomic mass is 9.93. The summed E-state index contributed by atoms with van der Waals surface area (Å²) < 4.78 is 11.5. The molecule has 2 rings (SSSR count). The number of hydrogen-bond donors (Lipinski definition) is 0. The summed E-state index contributed by atoms with van der Waals surface area (Å²) in [4.78, 5) is 6.52. The lowest BCUT2D eigenvalue weighted by Gasteiger charge is -2.28. The van der Waals surface area contributed by atoms with Gasteiger partial charge in [0.25, 0.3) is 0 Å². The summed E-state index contributed by atoms with van der Waals surface area (Å²) in [5.74, 6) is 1.04. The molecule has 0 spiro atoms. The van der Waals surface area contributed by atoms with Crippen LogP contribution in [0.1, 0.15) is 19.8 Å². The Bertz CT molecular complexity index is 791. The SMILES string of the molecule is C=C(O[C@@H](C)CN(C)C(=C)/C=c1/ccccc1=C)C(=NC)C1CCOCC1. The zero-order valence-corrected chi connectivity index (χ0v) is 16.9. The van der Waals surface area contributed by atoms with Crippen LogP contribution in [0.15, 0.2) is 53.9 Å². The van der Waals surface area contributed by atoms with E-state index in [0.717, 1.165) is 47.9 Å². The second-order valence-electron chi connectivity index (χ2n) is 7.06. The highest BCUT2D eigenvalue weighted by Crippen LogP contribution is 2.21. The molecule has 0 saturated carbocycles. The summed E-state index contributed by atoms with van der Waals surface area (Å²) in [6.07, 6.45) is 3.96. The third kappa shape index (κ3) is 6.10. The number of ether oxygens (including phenoxy) is 2. The Balaban J connectivity index is 1.93. The Hall–Kier alpha value is -2.33. The average Bonchev–Trinajstić information content (AvgIpc) is 2.64. The summed E-state index contributed by atoms with van der Waals surface area (Å²) in [6.45, 7) is 16.7. The standard InChI is InChI=1S/C23H32N2O2/c1-17-9-7-8-10-22(17)15-18(2)25(6)16-19(3)27-20(4)23(24-5)21-11-13-26-14-12-21/h7-10,15,19,21H,1-2,4,11-14,16H2,3,5-6H3/b22-15-,24-23?/t19-/m0/s1. The quantitative estimate of drug-likeness (QED) is 0.523. The summed E-state index contributed by atoms with van der Waals surface area (Å²) in [5.41, 5.74) is 1.88. The van der Waals surface area contributed by atoms with E-state index in [1.165, 1.54) is 0 Å². The molecular formula is C23H32N2O2. The Kier molecular flexibility index (Phi) is 7.86. The van der Waals surface area contributed by atoms with Crippen molar-refractivity contribution < 1.29 is 9.47 Å². The van der Waals surface area contributed by atoms with Crippen LogP contribution in [0.25, 0.3) is 12.7 Å². The van der Waals surface area contributed by atoms with Gasteiger partial charge in [0.05, 0.1) is 12.3 Å². The van der Waals surface area contributed by atoms with E-state index in [1.807, 2.05) is 51.4 Å². The first-order chi connectivity index (χ1) is 12.9. The minimum atomic E-state index is -0.0285. The Morgan fingerprint density at radius 1 is 1.33 bits per heavy atom. The molecule has 1 atom stereocenters. The van der Waals surface area contributed by atoms with E-state index in [4.69, 9.17) is 9.47 Å². The largest absolute Gasteiger partial charge is 0.488 e. The lowest BCUT2D eigenvalue weighted by Crippen LogP contribution is -2.32. The van der Waals surface area contributed by atoms with Crippen LogP contribution < -0.4 is 10.4 Å². The Morgan fingerprint density at radius 3 is 2.63 bits per heavy atom. The normalized spacial score (nSPS) is 17.4. The fraction of sp³-hybridized carbons (Fsp3) is 0.435. The highest BCUT2D eigenvalue weighted by Gasteiger charge is 2.23. The zero-order chi connectivity index (χ0) is 19.8. The van der Waals surface area contributed by atoms with E-state index in [1.54, 1.807) is 0 Å². The molecule has 1 fully saturated rings. The lowest BCUT2D eigenvalue weighted by molar-refractivity contribution is 0.0796. The van der Waals surface area contributed by atoms with Crippen molar-refractivity contribution in [2.24, 2.45) is 10.9 Å². The van der Waals surface area contributed by atoms with Crippen molar-refractivity contribution >= 4 is 18.4 Å². The molecule has 0 bridgehead atoms. The molecule has 0 unspecified atom stereocenters. The summed E-state index contributed by atoms with van der Waals surface area (Å²) in [6, 6.07) is 8.03. The molecule has 0 aromatic heterocycles. The predicted octanol–water partition coefficient (Wildman–Crippen LogP) is 2.74. The van der Waals surface area contributed by atoms with Crippen molar-refractivity contribution in [3.05, 3.63) is 59.3 Å². The summed E-state index contributed by atoms with van der Waals surface area (Å²) >= 11 is 0. The fourth-order valence-electron chi connectivity index (χ4n) is 3.31. The first-order valence-electron chi connectivity index (χ1n) is 9.48. The van der Waals surface area contributed by atoms with Crippen LogP contribution in [0, 0.1) is 5.92 Å². The molecule has 0 radical (unpaired) electrons. The third-order valence-corrected chi connectivity index (χ3v) is 4.88. The Labute approximate surface area is 163 Å². The number of nitrogens with zero attached hydrogens (tertiary/aromatic N) is 2. The van der Waals surface area contributed by atoms with Gasteiger partial charge in [-0.2, -0.15) is 0 Å². The van der Waals surface area contributed by atoms with Crippen LogP contribution >= 0.6 is 0 Å². The molecule has 27 heavy (non-hydrogen) atoms. The predicted molar refractivity (Wildman–Crippen MR) is 114 cm³/mol. The van der Waals surface area contributed by atoms with Gasteiger partial charge in [-0.3, -0.25) is 4.99 Å². The van der Waals surface area contributed by atoms with Crippen molar-refractivity contribution in [3.8, 4) is 0 Å². The molecule has 1 aliphatic heterocycles. The van der Waals surface area contributed by atoms with Crippen molar-refractivity contribution in [1.82, 2.24) is 4.90 Å². The fourth-order valence-corrected chi connectivity index (χ4v) is 3.31. The van der Waals surface area contributed by atoms with Crippen LogP contribution in [0.2, 0.25) is 0 Å². The van der Waals surface area contributed by atoms with Gasteiger partial charge < -0.3 is 14.4 Å². The van der Waals surface area contributed by atoms with Crippen LogP contribution in [0.4, 0.5) is 0 Å². The first kappa shape index (κ1) is 21.0. The van der Waals surface area contributed by atoms with Crippen LogP contribution in [0.3, 0.4) is 0 Å². The molecule has 1 heterocycles. The van der Waals surface area contributed by atoms with Crippen LogP contribution in [0.5, 0.6) is 0 Å². The van der Waals surface area contributed by atoms with Gasteiger partial charge in [0.15, 0.2) is 0 Å². The number of allylic oxidation sites excluding steroid dienone is 2. The van der Waals surface area contributed by atoms with Gasteiger partial charge in [0.2, 0.25) is 0 Å². The van der Waals surface area contributed by atoms with Crippen LogP contribution in [-0.4, -0.2) is 50.6 Å². The minimum Gasteiger partial charge on any atom is -0.488 e. The van der Waals surface area contributed by atoms with E-state index in [-0.39, 0.29) is 6.10 Å². The highest BCUT2D eigenvalue weighted by molar-refractivity contribution is 5.99. The maximum Gasteiger partial charge on any atom is 0.133 e. The molecule has 0 N–H and O–H groups in total. The second-order valence-corrected chi connectivity index (χ2v) is 7.06. The average molecular weight is 369 g/mol. The van der Waals surface area contributed by atoms with E-state index < -0.39 is 0 Å². The first-order valence-corrected chi connectivity index (χ1v) is 9.48. The second kappa shape index (κ2) is 10.1. The maximum atomic E-state index is 6.08. The topological polar surface area (TPSA) is 34.1 Å². The number of rotatable bonds is 8. The molecule has 4 nitrogen and oxygen atoms in total. The molecule has 0 aliphatic carbocycles. The Morgan fingerprint density at radius 2 is 2.00 bits per heavy atom. The smallest absolute Gasteiger partial charge is 0.133 e. The molecular weight excluding hydrogens is 336 g/mol. The van der Waals surface area contributed by atoms with Gasteiger partial charge in [0.1, 0.15) is 11.9 Å². The van der Waals surface area contributed by atoms with Gasteiger partial charge in [-0.25, -0.2) is 0 Å². The molecule has 146 valence electrons. The van der Waals surface area contributed by atoms with Gasteiger partial charge in [-0.05, 0) is 36.3 Å². The van der Waals surface area contributed by atoms with Gasteiger partial charge in [0, 0.05) is 38.9 Å². The summed E-state index contributed by atoms with van der Waals surface area (Å²) in [7, 11) is 3.82. The van der Waals surface area contributed by atoms with E-state index >= 15 is 0 Å². The zero-order valence-electron chi connectivity index (χ0n) is 16.9. The number of benzene rings is 1. The van der Waals surface area contributed by atoms with E-state index in [2.05, 4.69) is 29.6 Å². The molecule has 1 saturated heterocycles. The highest BCUT2D eigenvalue weighted by atomic mass is 16.5. The molecule has 1 aromatic carbocycles. The monoisotopic (exact) mass is 368 g/mol. The maximum absolute atomic E-state index is 6.08. The van der Waals surface area contributed by atoms with Crippen molar-refractivity contribution in [3.63, 3.8) is 0 Å². The molecule has 4 heteroatoms. The molecule has 1 aliphatic rings. The van der Waals surface area contributed by atoms with E-state index in [9.17, 15) is 0 Å². The van der Waals surface area contributed by atoms with Gasteiger partial charge >= 0.3 is 0 Å². The van der Waals surface area contributed by atoms with Crippen molar-refractivity contribution in [2.75, 3.05) is 33.9 Å². The van der Waals surface area contributed by atoms with Crippen molar-refractivity contribution in [1.29, 1.82) is 0 Å². The number of hydrogen-bond acceptors (Lipinski definition) is 4. The number of likely N-dealkylation sites (N-methyl/N-ethyl adjacent to an activating group) is 1. The van der Waals surface area contributed by atoms with E-state index in [0.29, 0.717) is 18.2 Å². The van der Waals surface area contributed by atoms with Gasteiger partial charge in [-0.15, -0.1) is 0 Å². The van der Waals surface area contributed by atoms with Crippen molar-refractivity contribution in [2.45, 2.75) is 25.9 Å². The van der Waals surface area contributed by atoms with Gasteiger partial charge in [-0.1, -0.05) is 44.0 Å². The minimum absolute atomic E-state index is 0.0285. The third-order valence-electron chi connectivity index (χ3n) is 4.88.